The number of aryl methyl sites for hydroxylation is 1. The lowest BCUT2D eigenvalue weighted by molar-refractivity contribution is -0.118. The fraction of sp³-hybridized carbons (Fsp3) is 0.214. The fourth-order valence-corrected chi connectivity index (χ4v) is 2.41. The lowest BCUT2D eigenvalue weighted by Gasteiger charge is -2.05. The van der Waals surface area contributed by atoms with Crippen LogP contribution in [0.15, 0.2) is 29.1 Å². The summed E-state index contributed by atoms with van der Waals surface area (Å²) in [5.41, 5.74) is 6.80. The molecule has 0 bridgehead atoms. The van der Waals surface area contributed by atoms with Crippen LogP contribution in [0.3, 0.4) is 0 Å². The van der Waals surface area contributed by atoms with Gasteiger partial charge in [-0.25, -0.2) is 13.9 Å². The minimum absolute atomic E-state index is 0.238. The first kappa shape index (κ1) is 13.2. The van der Waals surface area contributed by atoms with E-state index in [4.69, 9.17) is 10.5 Å². The van der Waals surface area contributed by atoms with Gasteiger partial charge in [-0.1, -0.05) is 0 Å². The Labute approximate surface area is 119 Å². The first-order valence-corrected chi connectivity index (χ1v) is 6.36. The van der Waals surface area contributed by atoms with Crippen molar-refractivity contribution in [2.75, 3.05) is 7.11 Å². The molecular formula is C14H14N4O3. The van der Waals surface area contributed by atoms with Crippen molar-refractivity contribution < 1.29 is 9.53 Å². The summed E-state index contributed by atoms with van der Waals surface area (Å²) in [6, 6.07) is 7.33. The molecule has 1 aromatic carbocycles. The molecule has 1 amide bonds. The Bertz CT molecular complexity index is 923. The van der Waals surface area contributed by atoms with E-state index >= 15 is 0 Å². The van der Waals surface area contributed by atoms with Crippen LogP contribution in [0.2, 0.25) is 0 Å². The van der Waals surface area contributed by atoms with E-state index in [1.54, 1.807) is 19.2 Å². The second-order valence-corrected chi connectivity index (χ2v) is 4.82. The van der Waals surface area contributed by atoms with Gasteiger partial charge < -0.3 is 10.5 Å². The summed E-state index contributed by atoms with van der Waals surface area (Å²) in [6.07, 6.45) is 0. The molecule has 2 heterocycles. The summed E-state index contributed by atoms with van der Waals surface area (Å²) in [4.78, 5) is 23.4. The lowest BCUT2D eigenvalue weighted by atomic mass is 10.1. The number of carbonyl (C=O) groups is 1. The van der Waals surface area contributed by atoms with Gasteiger partial charge in [0.2, 0.25) is 5.91 Å². The molecular weight excluding hydrogens is 272 g/mol. The fourth-order valence-electron chi connectivity index (χ4n) is 2.41. The molecule has 7 heteroatoms. The van der Waals surface area contributed by atoms with E-state index in [2.05, 4.69) is 5.10 Å². The maximum Gasteiger partial charge on any atom is 0.351 e. The molecule has 7 nitrogen and oxygen atoms in total. The van der Waals surface area contributed by atoms with Crippen LogP contribution in [-0.2, 0) is 11.3 Å². The highest BCUT2D eigenvalue weighted by Gasteiger charge is 2.14. The van der Waals surface area contributed by atoms with Crippen LogP contribution in [-0.4, -0.2) is 27.2 Å². The summed E-state index contributed by atoms with van der Waals surface area (Å²) < 4.78 is 7.75. The number of nitrogens with two attached hydrogens (primary N) is 1. The number of benzene rings is 1. The Hall–Kier alpha value is -2.83. The molecule has 0 spiro atoms. The SMILES string of the molecule is COc1ccc2c(c1)cc(C)c1nn(CC(N)=O)c(=O)n12. The molecule has 3 aromatic rings. The summed E-state index contributed by atoms with van der Waals surface area (Å²) >= 11 is 0. The van der Waals surface area contributed by atoms with Gasteiger partial charge in [0.05, 0.1) is 12.6 Å². The highest BCUT2D eigenvalue weighted by atomic mass is 16.5. The Morgan fingerprint density at radius 1 is 1.38 bits per heavy atom. The number of carbonyl (C=O) groups excluding carboxylic acids is 1. The van der Waals surface area contributed by atoms with E-state index in [1.165, 1.54) is 4.40 Å². The Kier molecular flexibility index (Phi) is 2.90. The van der Waals surface area contributed by atoms with Crippen LogP contribution in [0, 0.1) is 6.92 Å². The normalized spacial score (nSPS) is 11.1. The molecule has 0 aliphatic rings. The van der Waals surface area contributed by atoms with Gasteiger partial charge in [-0.05, 0) is 36.8 Å². The third-order valence-electron chi connectivity index (χ3n) is 3.35. The minimum atomic E-state index is -0.607. The van der Waals surface area contributed by atoms with Gasteiger partial charge in [-0.15, -0.1) is 5.10 Å². The van der Waals surface area contributed by atoms with E-state index in [0.29, 0.717) is 16.9 Å². The third kappa shape index (κ3) is 2.03. The van der Waals surface area contributed by atoms with Gasteiger partial charge in [0.1, 0.15) is 12.3 Å². The van der Waals surface area contributed by atoms with Crippen molar-refractivity contribution in [3.8, 4) is 5.75 Å². The van der Waals surface area contributed by atoms with Crippen LogP contribution in [0.25, 0.3) is 16.6 Å². The smallest absolute Gasteiger partial charge is 0.351 e. The third-order valence-corrected chi connectivity index (χ3v) is 3.35. The number of methoxy groups -OCH3 is 1. The van der Waals surface area contributed by atoms with E-state index in [0.717, 1.165) is 15.6 Å². The molecule has 0 aliphatic carbocycles. The van der Waals surface area contributed by atoms with Gasteiger partial charge in [-0.2, -0.15) is 0 Å². The maximum absolute atomic E-state index is 12.4. The monoisotopic (exact) mass is 286 g/mol. The first-order chi connectivity index (χ1) is 10.0. The molecule has 0 atom stereocenters. The number of rotatable bonds is 3. The quantitative estimate of drug-likeness (QED) is 0.756. The number of fused-ring (bicyclic) bond motifs is 3. The molecule has 0 unspecified atom stereocenters. The molecule has 108 valence electrons. The zero-order chi connectivity index (χ0) is 15.1. The maximum atomic E-state index is 12.4. The van der Waals surface area contributed by atoms with Crippen molar-refractivity contribution in [2.45, 2.75) is 13.5 Å². The van der Waals surface area contributed by atoms with Crippen molar-refractivity contribution in [2.24, 2.45) is 5.73 Å². The summed E-state index contributed by atoms with van der Waals surface area (Å²) in [5.74, 6) is 0.1000. The zero-order valence-corrected chi connectivity index (χ0v) is 11.7. The van der Waals surface area contributed by atoms with E-state index in [9.17, 15) is 9.59 Å². The first-order valence-electron chi connectivity index (χ1n) is 6.36. The number of pyridine rings is 1. The summed E-state index contributed by atoms with van der Waals surface area (Å²) in [6.45, 7) is 1.62. The average molecular weight is 286 g/mol. The van der Waals surface area contributed by atoms with Crippen molar-refractivity contribution in [3.63, 3.8) is 0 Å². The molecule has 21 heavy (non-hydrogen) atoms. The molecule has 3 rings (SSSR count). The predicted octanol–water partition coefficient (Wildman–Crippen LogP) is 0.452. The van der Waals surface area contributed by atoms with Crippen molar-refractivity contribution >= 4 is 22.5 Å². The van der Waals surface area contributed by atoms with Crippen LogP contribution < -0.4 is 16.2 Å². The molecule has 2 N–H and O–H groups in total. The highest BCUT2D eigenvalue weighted by Crippen LogP contribution is 2.23. The molecule has 0 radical (unpaired) electrons. The summed E-state index contributed by atoms with van der Waals surface area (Å²) in [7, 11) is 1.59. The van der Waals surface area contributed by atoms with Gasteiger partial charge in [0.25, 0.3) is 0 Å². The van der Waals surface area contributed by atoms with E-state index in [-0.39, 0.29) is 12.2 Å². The zero-order valence-electron chi connectivity index (χ0n) is 11.7. The van der Waals surface area contributed by atoms with Crippen molar-refractivity contribution in [1.29, 1.82) is 0 Å². The van der Waals surface area contributed by atoms with E-state index < -0.39 is 5.91 Å². The Balaban J connectivity index is 2.40. The van der Waals surface area contributed by atoms with Gasteiger partial charge >= 0.3 is 5.69 Å². The van der Waals surface area contributed by atoms with Crippen LogP contribution in [0.1, 0.15) is 5.56 Å². The minimum Gasteiger partial charge on any atom is -0.497 e. The Morgan fingerprint density at radius 3 is 2.81 bits per heavy atom. The molecule has 0 fully saturated rings. The molecule has 0 saturated heterocycles. The molecule has 0 saturated carbocycles. The number of amides is 1. The van der Waals surface area contributed by atoms with E-state index in [1.807, 2.05) is 19.1 Å². The van der Waals surface area contributed by atoms with Gasteiger partial charge in [0, 0.05) is 5.39 Å². The molecule has 2 aromatic heterocycles. The standard InChI is InChI=1S/C14H14N4O3/c1-8-5-9-6-10(21-2)3-4-11(9)18-13(8)16-17(14(18)20)7-12(15)19/h3-6H,7H2,1-2H3,(H2,15,19). The second kappa shape index (κ2) is 4.62. The van der Waals surface area contributed by atoms with Crippen molar-refractivity contribution in [1.82, 2.24) is 14.2 Å². The predicted molar refractivity (Wildman–Crippen MR) is 77.4 cm³/mol. The van der Waals surface area contributed by atoms with Crippen LogP contribution in [0.5, 0.6) is 5.75 Å². The number of primary amides is 1. The largest absolute Gasteiger partial charge is 0.497 e. The van der Waals surface area contributed by atoms with Crippen LogP contribution >= 0.6 is 0 Å². The van der Waals surface area contributed by atoms with Crippen molar-refractivity contribution in [3.05, 3.63) is 40.3 Å². The topological polar surface area (TPSA) is 91.6 Å². The number of hydrogen-bond acceptors (Lipinski definition) is 4. The average Bonchev–Trinajstić information content (AvgIpc) is 2.76. The second-order valence-electron chi connectivity index (χ2n) is 4.82. The number of nitrogens with zero attached hydrogens (tertiary/aromatic N) is 3. The number of hydrogen-bond donors (Lipinski definition) is 1. The summed E-state index contributed by atoms with van der Waals surface area (Å²) in [5, 5.41) is 5.04. The number of ether oxygens (including phenoxy) is 1. The molecule has 0 aliphatic heterocycles. The Morgan fingerprint density at radius 2 is 2.14 bits per heavy atom. The van der Waals surface area contributed by atoms with Gasteiger partial charge in [-0.3, -0.25) is 4.79 Å². The highest BCUT2D eigenvalue weighted by molar-refractivity contribution is 5.84. The number of aromatic nitrogens is 3. The van der Waals surface area contributed by atoms with Gasteiger partial charge in [0.15, 0.2) is 5.65 Å². The van der Waals surface area contributed by atoms with Crippen LogP contribution in [0.4, 0.5) is 0 Å². The lowest BCUT2D eigenvalue weighted by Crippen LogP contribution is -2.28.